The molecule has 0 heterocycles. The number of hydrogen-bond donors (Lipinski definition) is 2. The third-order valence-corrected chi connectivity index (χ3v) is 4.73. The minimum absolute atomic E-state index is 0.151. The molecular formula is C22H24N2O. The first-order chi connectivity index (χ1) is 12.0. The third kappa shape index (κ3) is 4.18. The van der Waals surface area contributed by atoms with Gasteiger partial charge in [-0.1, -0.05) is 37.6 Å². The van der Waals surface area contributed by atoms with Crippen molar-refractivity contribution in [2.45, 2.75) is 26.2 Å². The van der Waals surface area contributed by atoms with Crippen molar-refractivity contribution >= 4 is 29.3 Å². The fourth-order valence-corrected chi connectivity index (χ4v) is 3.21. The van der Waals surface area contributed by atoms with E-state index in [1.807, 2.05) is 60.7 Å². The third-order valence-electron chi connectivity index (χ3n) is 4.73. The van der Waals surface area contributed by atoms with Gasteiger partial charge in [0, 0.05) is 22.5 Å². The van der Waals surface area contributed by atoms with Gasteiger partial charge in [0.1, 0.15) is 0 Å². The van der Waals surface area contributed by atoms with Gasteiger partial charge in [0.05, 0.1) is 0 Å². The van der Waals surface area contributed by atoms with Crippen molar-refractivity contribution in [1.82, 2.24) is 0 Å². The summed E-state index contributed by atoms with van der Waals surface area (Å²) in [5.41, 5.74) is 16.7. The Kier molecular flexibility index (Phi) is 5.03. The number of Topliss-reactive ketones (excluding diaryl/α,β-unsaturated/α-hetero) is 1. The van der Waals surface area contributed by atoms with Gasteiger partial charge in [0.15, 0.2) is 5.78 Å². The highest BCUT2D eigenvalue weighted by atomic mass is 16.1. The molecule has 0 amide bonds. The van der Waals surface area contributed by atoms with E-state index in [0.717, 1.165) is 52.9 Å². The minimum atomic E-state index is 0.151. The number of ketones is 1. The fraction of sp³-hybridized carbons (Fsp3) is 0.227. The normalized spacial score (nSPS) is 21.0. The Bertz CT molecular complexity index is 747. The summed E-state index contributed by atoms with van der Waals surface area (Å²) in [5.74, 6) is 0.649. The second kappa shape index (κ2) is 7.39. The standard InChI is InChI=1S/C22H24N2O/c1-2-15-11-18(13-16-3-7-20(23)8-4-16)22(25)19(12-15)14-17-5-9-21(24)10-6-17/h3-10,13-15H,2,11-12,23-24H2,1H3/b18-13+,19-14+. The van der Waals surface area contributed by atoms with E-state index in [4.69, 9.17) is 11.5 Å². The molecule has 25 heavy (non-hydrogen) atoms. The number of allylic oxidation sites excluding steroid dienone is 2. The minimum Gasteiger partial charge on any atom is -0.399 e. The van der Waals surface area contributed by atoms with Crippen LogP contribution >= 0.6 is 0 Å². The molecule has 2 aromatic rings. The van der Waals surface area contributed by atoms with Crippen molar-refractivity contribution in [3.63, 3.8) is 0 Å². The summed E-state index contributed by atoms with van der Waals surface area (Å²) in [7, 11) is 0. The van der Waals surface area contributed by atoms with Crippen molar-refractivity contribution in [2.24, 2.45) is 5.92 Å². The van der Waals surface area contributed by atoms with Gasteiger partial charge >= 0.3 is 0 Å². The van der Waals surface area contributed by atoms with Crippen LogP contribution in [0.15, 0.2) is 59.7 Å². The van der Waals surface area contributed by atoms with Gasteiger partial charge in [0.25, 0.3) is 0 Å². The first-order valence-electron chi connectivity index (χ1n) is 8.72. The van der Waals surface area contributed by atoms with Crippen molar-refractivity contribution in [3.8, 4) is 0 Å². The summed E-state index contributed by atoms with van der Waals surface area (Å²) in [6.45, 7) is 2.18. The van der Waals surface area contributed by atoms with E-state index < -0.39 is 0 Å². The molecule has 1 aliphatic rings. The highest BCUT2D eigenvalue weighted by molar-refractivity contribution is 6.14. The van der Waals surface area contributed by atoms with Crippen molar-refractivity contribution in [1.29, 1.82) is 0 Å². The molecule has 1 fully saturated rings. The molecule has 0 atom stereocenters. The van der Waals surface area contributed by atoms with Gasteiger partial charge in [-0.25, -0.2) is 0 Å². The zero-order valence-electron chi connectivity index (χ0n) is 14.5. The molecule has 2 aromatic carbocycles. The van der Waals surface area contributed by atoms with E-state index in [1.54, 1.807) is 0 Å². The maximum absolute atomic E-state index is 12.9. The zero-order valence-corrected chi connectivity index (χ0v) is 14.5. The van der Waals surface area contributed by atoms with Crippen LogP contribution in [0.1, 0.15) is 37.3 Å². The summed E-state index contributed by atoms with van der Waals surface area (Å²) in [5, 5.41) is 0. The number of rotatable bonds is 3. The summed E-state index contributed by atoms with van der Waals surface area (Å²) >= 11 is 0. The lowest BCUT2D eigenvalue weighted by atomic mass is 9.78. The van der Waals surface area contributed by atoms with Gasteiger partial charge in [-0.3, -0.25) is 4.79 Å². The predicted octanol–water partition coefficient (Wildman–Crippen LogP) is 4.71. The van der Waals surface area contributed by atoms with E-state index in [0.29, 0.717) is 5.92 Å². The topological polar surface area (TPSA) is 69.1 Å². The first-order valence-corrected chi connectivity index (χ1v) is 8.72. The number of nitrogens with two attached hydrogens (primary N) is 2. The second-order valence-corrected chi connectivity index (χ2v) is 6.68. The van der Waals surface area contributed by atoms with Crippen LogP contribution in [0.5, 0.6) is 0 Å². The smallest absolute Gasteiger partial charge is 0.185 e. The van der Waals surface area contributed by atoms with E-state index in [1.165, 1.54) is 0 Å². The summed E-state index contributed by atoms with van der Waals surface area (Å²) in [4.78, 5) is 12.9. The van der Waals surface area contributed by atoms with E-state index in [2.05, 4.69) is 6.92 Å². The molecule has 0 spiro atoms. The molecule has 3 heteroatoms. The molecule has 3 nitrogen and oxygen atoms in total. The fourth-order valence-electron chi connectivity index (χ4n) is 3.21. The number of benzene rings is 2. The molecule has 0 unspecified atom stereocenters. The monoisotopic (exact) mass is 332 g/mol. The molecule has 3 rings (SSSR count). The molecule has 0 aliphatic heterocycles. The van der Waals surface area contributed by atoms with E-state index in [-0.39, 0.29) is 5.78 Å². The van der Waals surface area contributed by atoms with Crippen LogP contribution < -0.4 is 11.5 Å². The van der Waals surface area contributed by atoms with Crippen LogP contribution in [-0.4, -0.2) is 5.78 Å². The number of anilines is 2. The SMILES string of the molecule is CCC1C/C(=C\c2ccc(N)cc2)C(=O)/C(=C/c2ccc(N)cc2)C1. The number of hydrogen-bond acceptors (Lipinski definition) is 3. The highest BCUT2D eigenvalue weighted by Gasteiger charge is 2.26. The molecule has 1 saturated carbocycles. The number of nitrogen functional groups attached to an aromatic ring is 2. The molecule has 0 radical (unpaired) electrons. The molecule has 0 aromatic heterocycles. The molecule has 0 saturated heterocycles. The summed E-state index contributed by atoms with van der Waals surface area (Å²) in [6.07, 6.45) is 6.73. The largest absolute Gasteiger partial charge is 0.399 e. The average molecular weight is 332 g/mol. The van der Waals surface area contributed by atoms with Gasteiger partial charge < -0.3 is 11.5 Å². The number of carbonyl (C=O) groups is 1. The van der Waals surface area contributed by atoms with E-state index in [9.17, 15) is 4.79 Å². The Morgan fingerprint density at radius 2 is 1.24 bits per heavy atom. The van der Waals surface area contributed by atoms with Crippen molar-refractivity contribution < 1.29 is 4.79 Å². The van der Waals surface area contributed by atoms with Gasteiger partial charge in [-0.2, -0.15) is 0 Å². The second-order valence-electron chi connectivity index (χ2n) is 6.68. The Balaban J connectivity index is 1.93. The lowest BCUT2D eigenvalue weighted by Gasteiger charge is -2.25. The maximum Gasteiger partial charge on any atom is 0.185 e. The van der Waals surface area contributed by atoms with Gasteiger partial charge in [0.2, 0.25) is 0 Å². The molecule has 128 valence electrons. The number of carbonyl (C=O) groups excluding carboxylic acids is 1. The van der Waals surface area contributed by atoms with Gasteiger partial charge in [-0.15, -0.1) is 0 Å². The molecule has 4 N–H and O–H groups in total. The Labute approximate surface area is 149 Å². The average Bonchev–Trinajstić information content (AvgIpc) is 2.62. The summed E-state index contributed by atoms with van der Waals surface area (Å²) < 4.78 is 0. The van der Waals surface area contributed by atoms with Crippen LogP contribution in [0.4, 0.5) is 11.4 Å². The van der Waals surface area contributed by atoms with Crippen LogP contribution in [0.2, 0.25) is 0 Å². The van der Waals surface area contributed by atoms with Gasteiger partial charge in [-0.05, 0) is 66.3 Å². The van der Waals surface area contributed by atoms with Crippen molar-refractivity contribution in [2.75, 3.05) is 11.5 Å². The quantitative estimate of drug-likeness (QED) is 0.632. The lowest BCUT2D eigenvalue weighted by Crippen LogP contribution is -2.19. The Morgan fingerprint density at radius 3 is 1.60 bits per heavy atom. The molecule has 0 bridgehead atoms. The maximum atomic E-state index is 12.9. The molecular weight excluding hydrogens is 308 g/mol. The Hall–Kier alpha value is -2.81. The predicted molar refractivity (Wildman–Crippen MR) is 106 cm³/mol. The first kappa shape index (κ1) is 17.0. The highest BCUT2D eigenvalue weighted by Crippen LogP contribution is 2.34. The van der Waals surface area contributed by atoms with Crippen LogP contribution in [0, 0.1) is 5.92 Å². The lowest BCUT2D eigenvalue weighted by molar-refractivity contribution is -0.113. The van der Waals surface area contributed by atoms with Crippen LogP contribution in [-0.2, 0) is 4.79 Å². The van der Waals surface area contributed by atoms with Crippen LogP contribution in [0.25, 0.3) is 12.2 Å². The van der Waals surface area contributed by atoms with Crippen LogP contribution in [0.3, 0.4) is 0 Å². The van der Waals surface area contributed by atoms with E-state index >= 15 is 0 Å². The van der Waals surface area contributed by atoms with Crippen molar-refractivity contribution in [3.05, 3.63) is 70.8 Å². The Morgan fingerprint density at radius 1 is 0.840 bits per heavy atom. The zero-order chi connectivity index (χ0) is 17.8. The molecule has 1 aliphatic carbocycles. The summed E-state index contributed by atoms with van der Waals surface area (Å²) in [6, 6.07) is 15.3.